The van der Waals surface area contributed by atoms with Gasteiger partial charge in [-0.3, -0.25) is 0 Å². The molecule has 0 unspecified atom stereocenters. The second-order valence-electron chi connectivity index (χ2n) is 12.9. The Labute approximate surface area is 267 Å². The Balaban J connectivity index is 1.49. The average Bonchev–Trinajstić information content (AvgIpc) is 3.08. The molecule has 4 heteroatoms. The molecule has 0 aliphatic carbocycles. The fourth-order valence-electron chi connectivity index (χ4n) is 7.54. The molecule has 7 aromatic carbocycles. The molecule has 0 N–H and O–H groups in total. The summed E-state index contributed by atoms with van der Waals surface area (Å²) in [6, 6.07) is 54.1. The number of rotatable bonds is 3. The van der Waals surface area contributed by atoms with E-state index in [4.69, 9.17) is 0 Å². The van der Waals surface area contributed by atoms with E-state index >= 15 is 0 Å². The fraction of sp³-hybridized carbons (Fsp3) is 0.0732. The Hall–Kier alpha value is -4.93. The Kier molecular flexibility index (Phi) is 5.76. The Morgan fingerprint density at radius 2 is 0.889 bits per heavy atom. The molecule has 0 amide bonds. The lowest BCUT2D eigenvalue weighted by atomic mass is 9.33. The van der Waals surface area contributed by atoms with Gasteiger partial charge in [0.1, 0.15) is 0 Å². The number of hydrogen-bond donors (Lipinski definition) is 0. The molecule has 0 saturated heterocycles. The lowest BCUT2D eigenvalue weighted by molar-refractivity contribution is 1.23. The molecular weight excluding hydrogens is 563 g/mol. The van der Waals surface area contributed by atoms with Gasteiger partial charge >= 0.3 is 0 Å². The summed E-state index contributed by atoms with van der Waals surface area (Å²) in [4.78, 5) is 6.51. The van der Waals surface area contributed by atoms with Crippen molar-refractivity contribution < 1.29 is 0 Å². The maximum absolute atomic E-state index is 2.55. The van der Waals surface area contributed by atoms with Gasteiger partial charge in [-0.25, -0.2) is 10.0 Å². The zero-order valence-corrected chi connectivity index (χ0v) is 26.6. The smallest absolute Gasteiger partial charge is 0.252 e. The van der Waals surface area contributed by atoms with Crippen LogP contribution in [0.1, 0.15) is 0 Å². The third-order valence-corrected chi connectivity index (χ3v) is 11.2. The van der Waals surface area contributed by atoms with E-state index in [1.807, 2.05) is 0 Å². The Morgan fingerprint density at radius 3 is 1.33 bits per heavy atom. The molecule has 45 heavy (non-hydrogen) atoms. The van der Waals surface area contributed by atoms with Crippen LogP contribution in [0.5, 0.6) is 0 Å². The van der Waals surface area contributed by atoms with Gasteiger partial charge in [-0.05, 0) is 87.2 Å². The normalized spacial score (nSPS) is 13.9. The first-order chi connectivity index (χ1) is 22.0. The number of para-hydroxylation sites is 2. The molecule has 2 aliphatic rings. The summed E-state index contributed by atoms with van der Waals surface area (Å²) in [6.07, 6.45) is 7.24. The quantitative estimate of drug-likeness (QED) is 0.188. The summed E-state index contributed by atoms with van der Waals surface area (Å²) in [5.41, 5.74) is 11.6. The first kappa shape index (κ1) is 26.5. The van der Waals surface area contributed by atoms with Crippen LogP contribution in [0.3, 0.4) is 0 Å². The van der Waals surface area contributed by atoms with Crippen LogP contribution >= 0.6 is 10.0 Å². The monoisotopic (exact) mass is 596 g/mol. The summed E-state index contributed by atoms with van der Waals surface area (Å²) in [6.45, 7) is 0.0955. The van der Waals surface area contributed by atoms with Crippen molar-refractivity contribution in [1.82, 2.24) is 0 Å². The predicted octanol–water partition coefficient (Wildman–Crippen LogP) is 9.13. The van der Waals surface area contributed by atoms with E-state index in [9.17, 15) is 0 Å². The molecule has 9 rings (SSSR count). The topological polar surface area (TPSA) is 6.48 Å². The molecule has 2 aliphatic heterocycles. The molecule has 0 aromatic heterocycles. The summed E-state index contributed by atoms with van der Waals surface area (Å²) in [5.74, 6) is 0. The van der Waals surface area contributed by atoms with Gasteiger partial charge in [0.05, 0.1) is 0 Å². The molecule has 7 aromatic rings. The van der Waals surface area contributed by atoms with E-state index in [1.165, 1.54) is 77.0 Å². The first-order valence-electron chi connectivity index (χ1n) is 15.6. The molecule has 0 bridgehead atoms. The minimum Gasteiger partial charge on any atom is -0.311 e. The van der Waals surface area contributed by atoms with E-state index < -0.39 is 10.0 Å². The van der Waals surface area contributed by atoms with E-state index in [1.54, 1.807) is 0 Å². The number of benzene rings is 7. The van der Waals surface area contributed by atoms with Crippen LogP contribution in [-0.4, -0.2) is 25.5 Å². The van der Waals surface area contributed by atoms with Crippen molar-refractivity contribution >= 4 is 88.8 Å². The lowest BCUT2D eigenvalue weighted by Gasteiger charge is -2.46. The SMILES string of the molecule is CS(C)(C)c1cc2c3c(c1)N(c1ccccc1)c1c(ccc4ccccc14)B3c1ccc3ccccc3c1N2c1ccccc1. The minimum absolute atomic E-state index is 0.0955. The maximum atomic E-state index is 2.55. The van der Waals surface area contributed by atoms with Crippen LogP contribution in [0.2, 0.25) is 0 Å². The van der Waals surface area contributed by atoms with Crippen molar-refractivity contribution in [1.29, 1.82) is 0 Å². The summed E-state index contributed by atoms with van der Waals surface area (Å²) in [5, 5.41) is 5.10. The summed E-state index contributed by atoms with van der Waals surface area (Å²) in [7, 11) is -1.07. The highest BCUT2D eigenvalue weighted by atomic mass is 32.3. The van der Waals surface area contributed by atoms with E-state index in [2.05, 4.69) is 174 Å². The van der Waals surface area contributed by atoms with Crippen LogP contribution in [0.15, 0.2) is 150 Å². The molecule has 0 spiro atoms. The van der Waals surface area contributed by atoms with Crippen molar-refractivity contribution in [3.8, 4) is 0 Å². The minimum atomic E-state index is -1.07. The third kappa shape index (κ3) is 3.92. The molecule has 2 nitrogen and oxygen atoms in total. The molecule has 216 valence electrons. The Morgan fingerprint density at radius 1 is 0.467 bits per heavy atom. The molecule has 2 heterocycles. The van der Waals surface area contributed by atoms with Crippen molar-refractivity contribution in [2.24, 2.45) is 0 Å². The largest absolute Gasteiger partial charge is 0.311 e. The van der Waals surface area contributed by atoms with E-state index in [0.29, 0.717) is 0 Å². The van der Waals surface area contributed by atoms with Crippen molar-refractivity contribution in [3.05, 3.63) is 146 Å². The second-order valence-corrected chi connectivity index (χ2v) is 17.1. The first-order valence-corrected chi connectivity index (χ1v) is 18.4. The number of anilines is 6. The lowest BCUT2D eigenvalue weighted by Crippen LogP contribution is -2.61. The molecule has 0 saturated carbocycles. The molecule has 0 fully saturated rings. The zero-order chi connectivity index (χ0) is 30.3. The zero-order valence-electron chi connectivity index (χ0n) is 25.7. The number of fused-ring (bicyclic) bond motifs is 8. The van der Waals surface area contributed by atoms with Crippen LogP contribution in [-0.2, 0) is 0 Å². The number of hydrogen-bond acceptors (Lipinski definition) is 2. The third-order valence-electron chi connectivity index (χ3n) is 9.55. The standard InChI is InChI=1S/C41H33BN2S/c1-45(2,3)32-26-37-39-38(27-32)44(31-18-8-5-9-19-31)41-34-21-13-11-15-29(34)23-25-36(41)42(39)35-24-22-28-14-10-12-20-33(28)40(35)43(37)30-16-6-4-7-17-30/h4-27H,1-3H3. The predicted molar refractivity (Wildman–Crippen MR) is 199 cm³/mol. The van der Waals surface area contributed by atoms with Crippen molar-refractivity contribution in [2.75, 3.05) is 28.6 Å². The number of nitrogens with zero attached hydrogens (tertiary/aromatic N) is 2. The van der Waals surface area contributed by atoms with Crippen LogP contribution < -0.4 is 26.2 Å². The van der Waals surface area contributed by atoms with Gasteiger partial charge in [-0.2, -0.15) is 0 Å². The van der Waals surface area contributed by atoms with Gasteiger partial charge in [0.15, 0.2) is 0 Å². The van der Waals surface area contributed by atoms with Gasteiger partial charge in [-0.1, -0.05) is 109 Å². The fourth-order valence-corrected chi connectivity index (χ4v) is 8.47. The highest BCUT2D eigenvalue weighted by Gasteiger charge is 2.44. The van der Waals surface area contributed by atoms with Gasteiger partial charge in [0.2, 0.25) is 0 Å². The van der Waals surface area contributed by atoms with Gasteiger partial charge in [0, 0.05) is 44.9 Å². The molecule has 0 atom stereocenters. The molecule has 0 radical (unpaired) electrons. The van der Waals surface area contributed by atoms with Crippen molar-refractivity contribution in [3.63, 3.8) is 0 Å². The van der Waals surface area contributed by atoms with Crippen molar-refractivity contribution in [2.45, 2.75) is 4.90 Å². The maximum Gasteiger partial charge on any atom is 0.252 e. The average molecular weight is 597 g/mol. The van der Waals surface area contributed by atoms with Crippen LogP contribution in [0.4, 0.5) is 34.1 Å². The van der Waals surface area contributed by atoms with E-state index in [0.717, 1.165) is 0 Å². The van der Waals surface area contributed by atoms with Crippen LogP contribution in [0, 0.1) is 0 Å². The summed E-state index contributed by atoms with van der Waals surface area (Å²) >= 11 is 0. The highest BCUT2D eigenvalue weighted by Crippen LogP contribution is 2.53. The van der Waals surface area contributed by atoms with Gasteiger partial charge in [0.25, 0.3) is 6.71 Å². The highest BCUT2D eigenvalue weighted by molar-refractivity contribution is 8.32. The second kappa shape index (κ2) is 9.79. The molecular formula is C41H33BN2S. The van der Waals surface area contributed by atoms with Gasteiger partial charge < -0.3 is 9.80 Å². The van der Waals surface area contributed by atoms with Gasteiger partial charge in [-0.15, -0.1) is 0 Å². The Bertz CT molecular complexity index is 2120. The van der Waals surface area contributed by atoms with Crippen LogP contribution in [0.25, 0.3) is 21.5 Å². The summed E-state index contributed by atoms with van der Waals surface area (Å²) < 4.78 is 0. The van der Waals surface area contributed by atoms with E-state index in [-0.39, 0.29) is 6.71 Å².